The molecule has 0 bridgehead atoms. The smallest absolute Gasteiger partial charge is 0.248 e. The maximum Gasteiger partial charge on any atom is 0.248 e. The highest BCUT2D eigenvalue weighted by atomic mass is 16.5. The molecule has 0 spiro atoms. The summed E-state index contributed by atoms with van der Waals surface area (Å²) in [7, 11) is 1.65. The topological polar surface area (TPSA) is 60.2 Å². The molecule has 2 aromatic rings. The lowest BCUT2D eigenvalue weighted by Crippen LogP contribution is -2.08. The minimum Gasteiger partial charge on any atom is -0.495 e. The molecule has 5 nitrogen and oxygen atoms in total. The lowest BCUT2D eigenvalue weighted by Gasteiger charge is -2.15. The van der Waals surface area contributed by atoms with Gasteiger partial charge in [-0.15, -0.1) is 0 Å². The number of aromatic nitrogens is 2. The van der Waals surface area contributed by atoms with Gasteiger partial charge in [-0.05, 0) is 38.5 Å². The van der Waals surface area contributed by atoms with E-state index in [2.05, 4.69) is 15.5 Å². The van der Waals surface area contributed by atoms with Gasteiger partial charge < -0.3 is 14.6 Å². The van der Waals surface area contributed by atoms with Crippen LogP contribution < -0.4 is 10.1 Å². The van der Waals surface area contributed by atoms with Crippen LogP contribution in [0.25, 0.3) is 0 Å². The molecule has 18 heavy (non-hydrogen) atoms. The molecule has 1 atom stereocenters. The van der Waals surface area contributed by atoms with Crippen LogP contribution in [0.3, 0.4) is 0 Å². The molecule has 0 saturated carbocycles. The van der Waals surface area contributed by atoms with Gasteiger partial charge in [0.2, 0.25) is 5.89 Å². The van der Waals surface area contributed by atoms with Gasteiger partial charge in [-0.2, -0.15) is 4.98 Å². The minimum absolute atomic E-state index is 0.0677. The number of aryl methyl sites for hydroxylation is 2. The van der Waals surface area contributed by atoms with Gasteiger partial charge in [0.05, 0.1) is 12.8 Å². The van der Waals surface area contributed by atoms with Crippen molar-refractivity contribution in [2.45, 2.75) is 26.8 Å². The summed E-state index contributed by atoms with van der Waals surface area (Å²) in [5.41, 5.74) is 2.08. The molecular weight excluding hydrogens is 230 g/mol. The number of anilines is 1. The number of nitrogens with one attached hydrogen (secondary N) is 1. The molecule has 1 heterocycles. The second-order valence-electron chi connectivity index (χ2n) is 4.25. The molecule has 96 valence electrons. The van der Waals surface area contributed by atoms with E-state index in [4.69, 9.17) is 9.26 Å². The number of hydrogen-bond acceptors (Lipinski definition) is 5. The van der Waals surface area contributed by atoms with Gasteiger partial charge in [0.15, 0.2) is 5.82 Å². The maximum atomic E-state index is 5.31. The second kappa shape index (κ2) is 5.08. The molecule has 0 radical (unpaired) electrons. The van der Waals surface area contributed by atoms with Crippen molar-refractivity contribution >= 4 is 5.69 Å². The predicted molar refractivity (Wildman–Crippen MR) is 68.8 cm³/mol. The van der Waals surface area contributed by atoms with E-state index in [9.17, 15) is 0 Å². The lowest BCUT2D eigenvalue weighted by molar-refractivity contribution is 0.363. The molecule has 0 fully saturated rings. The van der Waals surface area contributed by atoms with E-state index in [-0.39, 0.29) is 6.04 Å². The third-order valence-corrected chi connectivity index (χ3v) is 2.64. The summed E-state index contributed by atoms with van der Waals surface area (Å²) in [4.78, 5) is 4.20. The Morgan fingerprint density at radius 3 is 2.72 bits per heavy atom. The van der Waals surface area contributed by atoms with Crippen molar-refractivity contribution < 1.29 is 9.26 Å². The van der Waals surface area contributed by atoms with E-state index in [0.717, 1.165) is 17.0 Å². The number of methoxy groups -OCH3 is 1. The van der Waals surface area contributed by atoms with Gasteiger partial charge >= 0.3 is 0 Å². The van der Waals surface area contributed by atoms with Gasteiger partial charge in [0.25, 0.3) is 0 Å². The van der Waals surface area contributed by atoms with Gasteiger partial charge in [-0.1, -0.05) is 11.2 Å². The Bertz CT molecular complexity index is 537. The fourth-order valence-electron chi connectivity index (χ4n) is 1.72. The van der Waals surface area contributed by atoms with Gasteiger partial charge in [0.1, 0.15) is 11.8 Å². The number of benzene rings is 1. The third kappa shape index (κ3) is 2.61. The zero-order chi connectivity index (χ0) is 13.1. The van der Waals surface area contributed by atoms with Crippen LogP contribution in [0.4, 0.5) is 5.69 Å². The van der Waals surface area contributed by atoms with Crippen LogP contribution in [0, 0.1) is 13.8 Å². The Morgan fingerprint density at radius 1 is 1.33 bits per heavy atom. The molecule has 0 aliphatic heterocycles. The summed E-state index contributed by atoms with van der Waals surface area (Å²) >= 11 is 0. The summed E-state index contributed by atoms with van der Waals surface area (Å²) in [6, 6.07) is 5.90. The molecule has 0 aliphatic rings. The van der Waals surface area contributed by atoms with Crippen molar-refractivity contribution in [3.8, 4) is 5.75 Å². The van der Waals surface area contributed by atoms with Crippen LogP contribution in [0.15, 0.2) is 22.7 Å². The maximum absolute atomic E-state index is 5.31. The lowest BCUT2D eigenvalue weighted by atomic mass is 10.2. The molecular formula is C13H17N3O2. The molecule has 1 aromatic heterocycles. The Balaban J connectivity index is 2.20. The molecule has 5 heteroatoms. The molecule has 0 unspecified atom stereocenters. The zero-order valence-electron chi connectivity index (χ0n) is 11.0. The van der Waals surface area contributed by atoms with Gasteiger partial charge in [-0.25, -0.2) is 0 Å². The highest BCUT2D eigenvalue weighted by Crippen LogP contribution is 2.28. The van der Waals surface area contributed by atoms with Crippen LogP contribution in [0.2, 0.25) is 0 Å². The van der Waals surface area contributed by atoms with Crippen molar-refractivity contribution in [1.29, 1.82) is 0 Å². The second-order valence-corrected chi connectivity index (χ2v) is 4.25. The first-order valence-corrected chi connectivity index (χ1v) is 5.81. The molecule has 0 amide bonds. The summed E-state index contributed by atoms with van der Waals surface area (Å²) in [6.45, 7) is 5.80. The highest BCUT2D eigenvalue weighted by molar-refractivity contribution is 5.58. The van der Waals surface area contributed by atoms with Gasteiger partial charge in [0, 0.05) is 0 Å². The van der Waals surface area contributed by atoms with Crippen molar-refractivity contribution in [3.63, 3.8) is 0 Å². The van der Waals surface area contributed by atoms with Crippen LogP contribution in [-0.2, 0) is 0 Å². The number of rotatable bonds is 4. The average Bonchev–Trinajstić information content (AvgIpc) is 2.76. The van der Waals surface area contributed by atoms with Crippen molar-refractivity contribution in [2.75, 3.05) is 12.4 Å². The van der Waals surface area contributed by atoms with Crippen molar-refractivity contribution in [1.82, 2.24) is 10.1 Å². The van der Waals surface area contributed by atoms with Crippen molar-refractivity contribution in [2.24, 2.45) is 0 Å². The first-order chi connectivity index (χ1) is 8.60. The summed E-state index contributed by atoms with van der Waals surface area (Å²) < 4.78 is 10.5. The quantitative estimate of drug-likeness (QED) is 0.900. The van der Waals surface area contributed by atoms with Crippen LogP contribution in [0.5, 0.6) is 5.75 Å². The molecule has 2 rings (SSSR count). The molecule has 0 saturated heterocycles. The third-order valence-electron chi connectivity index (χ3n) is 2.64. The van der Waals surface area contributed by atoms with Crippen LogP contribution >= 0.6 is 0 Å². The summed E-state index contributed by atoms with van der Waals surface area (Å²) in [5, 5.41) is 7.09. The predicted octanol–water partition coefficient (Wildman–Crippen LogP) is 2.87. The Morgan fingerprint density at radius 2 is 2.11 bits per heavy atom. The normalized spacial score (nSPS) is 12.2. The summed E-state index contributed by atoms with van der Waals surface area (Å²) in [6.07, 6.45) is 0. The molecule has 1 aromatic carbocycles. The fourth-order valence-corrected chi connectivity index (χ4v) is 1.72. The average molecular weight is 247 g/mol. The zero-order valence-corrected chi connectivity index (χ0v) is 11.0. The number of hydrogen-bond donors (Lipinski definition) is 1. The largest absolute Gasteiger partial charge is 0.495 e. The molecule has 0 aliphatic carbocycles. The Hall–Kier alpha value is -2.04. The SMILES string of the molecule is COc1ccc(C)cc1N[C@H](C)c1nc(C)no1. The van der Waals surface area contributed by atoms with Crippen molar-refractivity contribution in [3.05, 3.63) is 35.5 Å². The Labute approximate surface area is 106 Å². The standard InChI is InChI=1S/C13H17N3O2/c1-8-5-6-12(17-4)11(7-8)14-9(2)13-15-10(3)16-18-13/h5-7,9,14H,1-4H3/t9-/m1/s1. The highest BCUT2D eigenvalue weighted by Gasteiger charge is 2.14. The first kappa shape index (κ1) is 12.4. The monoisotopic (exact) mass is 247 g/mol. The van der Waals surface area contributed by atoms with Gasteiger partial charge in [-0.3, -0.25) is 0 Å². The van der Waals surface area contributed by atoms with E-state index < -0.39 is 0 Å². The van der Waals surface area contributed by atoms with E-state index in [1.807, 2.05) is 32.0 Å². The fraction of sp³-hybridized carbons (Fsp3) is 0.385. The van der Waals surface area contributed by atoms with Crippen LogP contribution in [0.1, 0.15) is 30.2 Å². The first-order valence-electron chi connectivity index (χ1n) is 5.81. The van der Waals surface area contributed by atoms with E-state index in [0.29, 0.717) is 11.7 Å². The van der Waals surface area contributed by atoms with E-state index in [1.165, 1.54) is 0 Å². The number of ether oxygens (including phenoxy) is 1. The summed E-state index contributed by atoms with van der Waals surface area (Å²) in [5.74, 6) is 2.00. The molecule has 1 N–H and O–H groups in total. The Kier molecular flexibility index (Phi) is 3.50. The van der Waals surface area contributed by atoms with Crippen LogP contribution in [-0.4, -0.2) is 17.3 Å². The number of nitrogens with zero attached hydrogens (tertiary/aromatic N) is 2. The van der Waals surface area contributed by atoms with E-state index in [1.54, 1.807) is 14.0 Å². The minimum atomic E-state index is -0.0677. The van der Waals surface area contributed by atoms with E-state index >= 15 is 0 Å².